The van der Waals surface area contributed by atoms with Crippen LogP contribution < -0.4 is 16.4 Å². The first kappa shape index (κ1) is 27.8. The highest BCUT2D eigenvalue weighted by Gasteiger charge is 2.38. The molecule has 0 saturated carbocycles. The Morgan fingerprint density at radius 1 is 1.03 bits per heavy atom. The van der Waals surface area contributed by atoms with E-state index in [4.69, 9.17) is 10.8 Å². The number of carbonyl (C=O) groups excluding carboxylic acids is 3. The summed E-state index contributed by atoms with van der Waals surface area (Å²) in [6.45, 7) is 3.72. The van der Waals surface area contributed by atoms with Crippen LogP contribution in [0.1, 0.15) is 45.1 Å². The van der Waals surface area contributed by atoms with Crippen molar-refractivity contribution >= 4 is 29.7 Å². The smallest absolute Gasteiger partial charge is 0.326 e. The maximum absolute atomic E-state index is 13.4. The molecular formula is C24H34N4O7. The molecule has 6 N–H and O–H groups in total. The molecule has 1 aromatic carbocycles. The number of likely N-dealkylation sites (tertiary alicyclic amines) is 1. The first-order valence-corrected chi connectivity index (χ1v) is 11.7. The van der Waals surface area contributed by atoms with Gasteiger partial charge in [0.1, 0.15) is 18.1 Å². The van der Waals surface area contributed by atoms with Crippen LogP contribution in [0.2, 0.25) is 0 Å². The number of carboxylic acids is 2. The molecule has 4 unspecified atom stereocenters. The summed E-state index contributed by atoms with van der Waals surface area (Å²) in [6, 6.07) is 4.68. The number of nitrogens with zero attached hydrogens (tertiary/aromatic N) is 1. The van der Waals surface area contributed by atoms with Crippen LogP contribution in [0.3, 0.4) is 0 Å². The van der Waals surface area contributed by atoms with E-state index in [2.05, 4.69) is 10.6 Å². The standard InChI is InChI=1S/C24H34N4O7/c1-14(2)20(25)22(32)26-16(10-11-19(29)30)21(31)27-17(13-15-7-4-3-5-8-15)23(33)28-12-6-9-18(28)24(34)35/h3-5,7-8,14,16-18,20H,6,9-13,25H2,1-2H3,(H,26,32)(H,27,31)(H,29,30)(H,34,35). The Bertz CT molecular complexity index is 922. The Morgan fingerprint density at radius 2 is 1.66 bits per heavy atom. The molecule has 0 spiro atoms. The minimum absolute atomic E-state index is 0.0966. The summed E-state index contributed by atoms with van der Waals surface area (Å²) in [5.74, 6) is -4.38. The molecule has 11 heteroatoms. The highest BCUT2D eigenvalue weighted by Crippen LogP contribution is 2.20. The predicted octanol–water partition coefficient (Wildman–Crippen LogP) is 0.122. The van der Waals surface area contributed by atoms with Crippen molar-refractivity contribution in [3.05, 3.63) is 35.9 Å². The molecule has 1 fully saturated rings. The highest BCUT2D eigenvalue weighted by molar-refractivity contribution is 5.94. The molecule has 4 atom stereocenters. The van der Waals surface area contributed by atoms with Crippen molar-refractivity contribution in [1.29, 1.82) is 0 Å². The molecule has 1 aromatic rings. The zero-order valence-corrected chi connectivity index (χ0v) is 20.0. The largest absolute Gasteiger partial charge is 0.481 e. The third kappa shape index (κ3) is 8.06. The molecule has 11 nitrogen and oxygen atoms in total. The van der Waals surface area contributed by atoms with Crippen molar-refractivity contribution in [1.82, 2.24) is 15.5 Å². The fraction of sp³-hybridized carbons (Fsp3) is 0.542. The number of rotatable bonds is 12. The van der Waals surface area contributed by atoms with Crippen LogP contribution >= 0.6 is 0 Å². The summed E-state index contributed by atoms with van der Waals surface area (Å²) < 4.78 is 0. The molecular weight excluding hydrogens is 456 g/mol. The number of aliphatic carboxylic acids is 2. The maximum atomic E-state index is 13.4. The van der Waals surface area contributed by atoms with E-state index in [1.165, 1.54) is 4.90 Å². The molecule has 1 heterocycles. The number of hydrogen-bond acceptors (Lipinski definition) is 6. The summed E-state index contributed by atoms with van der Waals surface area (Å²) in [4.78, 5) is 63.0. The van der Waals surface area contributed by atoms with Gasteiger partial charge < -0.3 is 31.5 Å². The number of carbonyl (C=O) groups is 5. The van der Waals surface area contributed by atoms with E-state index in [1.54, 1.807) is 44.2 Å². The molecule has 192 valence electrons. The minimum atomic E-state index is -1.23. The second-order valence-electron chi connectivity index (χ2n) is 9.04. The molecule has 0 radical (unpaired) electrons. The molecule has 1 aliphatic rings. The lowest BCUT2D eigenvalue weighted by atomic mass is 10.0. The van der Waals surface area contributed by atoms with E-state index >= 15 is 0 Å². The van der Waals surface area contributed by atoms with Gasteiger partial charge in [-0.3, -0.25) is 19.2 Å². The zero-order valence-electron chi connectivity index (χ0n) is 20.0. The van der Waals surface area contributed by atoms with E-state index in [9.17, 15) is 29.1 Å². The van der Waals surface area contributed by atoms with Crippen molar-refractivity contribution in [2.75, 3.05) is 6.54 Å². The van der Waals surface area contributed by atoms with Gasteiger partial charge in [-0.25, -0.2) is 4.79 Å². The quantitative estimate of drug-likeness (QED) is 0.274. The molecule has 35 heavy (non-hydrogen) atoms. The van der Waals surface area contributed by atoms with Gasteiger partial charge in [-0.15, -0.1) is 0 Å². The third-order valence-electron chi connectivity index (χ3n) is 6.02. The Kier molecular flexibility index (Phi) is 10.2. The van der Waals surface area contributed by atoms with Crippen LogP contribution in [-0.2, 0) is 30.4 Å². The van der Waals surface area contributed by atoms with Gasteiger partial charge in [0, 0.05) is 19.4 Å². The normalized spacial score (nSPS) is 17.9. The number of nitrogens with two attached hydrogens (primary N) is 1. The lowest BCUT2D eigenvalue weighted by Crippen LogP contribution is -2.58. The molecule has 1 saturated heterocycles. The SMILES string of the molecule is CC(C)C(N)C(=O)NC(CCC(=O)O)C(=O)NC(Cc1ccccc1)C(=O)N1CCCC1C(=O)O. The second kappa shape index (κ2) is 12.8. The van der Waals surface area contributed by atoms with E-state index < -0.39 is 53.8 Å². The van der Waals surface area contributed by atoms with Gasteiger partial charge in [-0.1, -0.05) is 44.2 Å². The summed E-state index contributed by atoms with van der Waals surface area (Å²) in [6.07, 6.45) is 0.348. The van der Waals surface area contributed by atoms with Crippen LogP contribution in [0.25, 0.3) is 0 Å². The van der Waals surface area contributed by atoms with Crippen LogP contribution in [0, 0.1) is 5.92 Å². The molecule has 0 aromatic heterocycles. The molecule has 3 amide bonds. The van der Waals surface area contributed by atoms with E-state index in [-0.39, 0.29) is 31.7 Å². The van der Waals surface area contributed by atoms with Crippen molar-refractivity contribution in [3.8, 4) is 0 Å². The number of benzene rings is 1. The van der Waals surface area contributed by atoms with E-state index in [0.717, 1.165) is 5.56 Å². The Labute approximate surface area is 204 Å². The van der Waals surface area contributed by atoms with Crippen LogP contribution in [0.4, 0.5) is 0 Å². The number of hydrogen-bond donors (Lipinski definition) is 5. The van der Waals surface area contributed by atoms with Gasteiger partial charge in [-0.05, 0) is 30.7 Å². The second-order valence-corrected chi connectivity index (χ2v) is 9.04. The molecule has 1 aliphatic heterocycles. The summed E-state index contributed by atoms with van der Waals surface area (Å²) >= 11 is 0. The van der Waals surface area contributed by atoms with Gasteiger partial charge in [0.2, 0.25) is 17.7 Å². The number of amides is 3. The highest BCUT2D eigenvalue weighted by atomic mass is 16.4. The van der Waals surface area contributed by atoms with Gasteiger partial charge in [0.25, 0.3) is 0 Å². The average molecular weight is 491 g/mol. The Balaban J connectivity index is 2.26. The molecule has 0 bridgehead atoms. The van der Waals surface area contributed by atoms with Crippen LogP contribution in [0.15, 0.2) is 30.3 Å². The molecule has 0 aliphatic carbocycles. The van der Waals surface area contributed by atoms with Gasteiger partial charge in [-0.2, -0.15) is 0 Å². The van der Waals surface area contributed by atoms with Crippen LogP contribution in [0.5, 0.6) is 0 Å². The maximum Gasteiger partial charge on any atom is 0.326 e. The number of carboxylic acid groups (broad SMARTS) is 2. The first-order valence-electron chi connectivity index (χ1n) is 11.7. The zero-order chi connectivity index (χ0) is 26.1. The summed E-state index contributed by atoms with van der Waals surface area (Å²) in [7, 11) is 0. The van der Waals surface area contributed by atoms with Crippen molar-refractivity contribution in [2.24, 2.45) is 11.7 Å². The van der Waals surface area contributed by atoms with Gasteiger partial charge >= 0.3 is 11.9 Å². The molecule has 2 rings (SSSR count). The monoisotopic (exact) mass is 490 g/mol. The van der Waals surface area contributed by atoms with Crippen LogP contribution in [-0.4, -0.2) is 75.5 Å². The first-order chi connectivity index (χ1) is 16.5. The lowest BCUT2D eigenvalue weighted by molar-refractivity contribution is -0.149. The summed E-state index contributed by atoms with van der Waals surface area (Å²) in [5, 5.41) is 23.7. The minimum Gasteiger partial charge on any atom is -0.481 e. The summed E-state index contributed by atoms with van der Waals surface area (Å²) in [5.41, 5.74) is 6.61. The van der Waals surface area contributed by atoms with Crippen molar-refractivity contribution < 1.29 is 34.2 Å². The third-order valence-corrected chi connectivity index (χ3v) is 6.02. The Hall–Kier alpha value is -3.47. The fourth-order valence-electron chi connectivity index (χ4n) is 3.92. The topological polar surface area (TPSA) is 179 Å². The average Bonchev–Trinajstić information content (AvgIpc) is 3.31. The van der Waals surface area contributed by atoms with Gasteiger partial charge in [0.05, 0.1) is 6.04 Å². The fourth-order valence-corrected chi connectivity index (χ4v) is 3.92. The van der Waals surface area contributed by atoms with Gasteiger partial charge in [0.15, 0.2) is 0 Å². The van der Waals surface area contributed by atoms with E-state index in [1.807, 2.05) is 0 Å². The lowest BCUT2D eigenvalue weighted by Gasteiger charge is -2.29. The number of nitrogens with one attached hydrogen (secondary N) is 2. The van der Waals surface area contributed by atoms with E-state index in [0.29, 0.717) is 12.8 Å². The van der Waals surface area contributed by atoms with Crippen molar-refractivity contribution in [2.45, 2.75) is 70.1 Å². The Morgan fingerprint density at radius 3 is 2.23 bits per heavy atom. The van der Waals surface area contributed by atoms with Crippen molar-refractivity contribution in [3.63, 3.8) is 0 Å². The predicted molar refractivity (Wildman–Crippen MR) is 126 cm³/mol.